The molecule has 2 N–H and O–H groups in total. The van der Waals surface area contributed by atoms with E-state index in [0.717, 1.165) is 36.8 Å². The van der Waals surface area contributed by atoms with Crippen LogP contribution in [0.2, 0.25) is 0 Å². The van der Waals surface area contributed by atoms with Crippen molar-refractivity contribution >= 4 is 30.5 Å². The standard InChI is InChI=1S/C27H43N3O4S/c1-7-19(3)30(25(32)22(17-35)29-26(33)34-27(4,5)6)23(20-13-11-12-18(2)16-20)24(31)28-21-14-9-8-10-15-21/h11-13,16,19,21-23,35H,7-10,14-15,17H2,1-6H3,(H,28,31)(H,29,33). The van der Waals surface area contributed by atoms with Crippen molar-refractivity contribution in [3.8, 4) is 0 Å². The van der Waals surface area contributed by atoms with Gasteiger partial charge in [-0.05, 0) is 59.4 Å². The van der Waals surface area contributed by atoms with E-state index in [4.69, 9.17) is 4.74 Å². The molecule has 1 aliphatic carbocycles. The molecular weight excluding hydrogens is 462 g/mol. The van der Waals surface area contributed by atoms with Gasteiger partial charge in [-0.2, -0.15) is 12.6 Å². The van der Waals surface area contributed by atoms with Gasteiger partial charge in [0, 0.05) is 17.8 Å². The molecule has 1 aromatic rings. The molecule has 0 bridgehead atoms. The summed E-state index contributed by atoms with van der Waals surface area (Å²) in [4.78, 5) is 41.7. The third kappa shape index (κ3) is 8.74. The van der Waals surface area contributed by atoms with E-state index in [-0.39, 0.29) is 29.7 Å². The van der Waals surface area contributed by atoms with E-state index >= 15 is 0 Å². The van der Waals surface area contributed by atoms with Gasteiger partial charge in [-0.15, -0.1) is 0 Å². The molecule has 1 aromatic carbocycles. The van der Waals surface area contributed by atoms with Crippen molar-refractivity contribution in [2.75, 3.05) is 5.75 Å². The molecule has 1 saturated carbocycles. The molecule has 196 valence electrons. The number of ether oxygens (including phenoxy) is 1. The first kappa shape index (κ1) is 29.0. The van der Waals surface area contributed by atoms with Gasteiger partial charge in [-0.1, -0.05) is 56.0 Å². The van der Waals surface area contributed by atoms with E-state index in [0.29, 0.717) is 6.42 Å². The summed E-state index contributed by atoms with van der Waals surface area (Å²) in [7, 11) is 0. The molecule has 3 atom stereocenters. The third-order valence-corrected chi connectivity index (χ3v) is 6.69. The zero-order valence-corrected chi connectivity index (χ0v) is 23.0. The van der Waals surface area contributed by atoms with Crippen molar-refractivity contribution in [2.45, 2.75) is 110 Å². The molecule has 8 heteroatoms. The highest BCUT2D eigenvalue weighted by molar-refractivity contribution is 7.80. The Kier molecular flexibility index (Phi) is 10.9. The lowest BCUT2D eigenvalue weighted by Gasteiger charge is -2.39. The number of nitrogens with zero attached hydrogens (tertiary/aromatic N) is 1. The molecule has 2 rings (SSSR count). The van der Waals surface area contributed by atoms with E-state index < -0.39 is 23.8 Å². The predicted molar refractivity (Wildman–Crippen MR) is 143 cm³/mol. The normalized spacial score (nSPS) is 17.1. The largest absolute Gasteiger partial charge is 0.444 e. The SMILES string of the molecule is CCC(C)N(C(=O)C(CS)NC(=O)OC(C)(C)C)C(C(=O)NC1CCCCC1)c1cccc(C)c1. The molecule has 1 aliphatic rings. The molecule has 0 aromatic heterocycles. The van der Waals surface area contributed by atoms with Gasteiger partial charge in [0.25, 0.3) is 0 Å². The fourth-order valence-electron chi connectivity index (χ4n) is 4.42. The first-order valence-corrected chi connectivity index (χ1v) is 13.4. The average Bonchev–Trinajstić information content (AvgIpc) is 2.79. The van der Waals surface area contributed by atoms with Crippen LogP contribution in [0.1, 0.15) is 90.3 Å². The van der Waals surface area contributed by atoms with Crippen molar-refractivity contribution in [2.24, 2.45) is 0 Å². The van der Waals surface area contributed by atoms with Crippen molar-refractivity contribution < 1.29 is 19.1 Å². The Bertz CT molecular complexity index is 864. The lowest BCUT2D eigenvalue weighted by Crippen LogP contribution is -2.56. The average molecular weight is 506 g/mol. The van der Waals surface area contributed by atoms with Gasteiger partial charge in [0.15, 0.2) is 0 Å². The zero-order valence-electron chi connectivity index (χ0n) is 22.1. The third-order valence-electron chi connectivity index (χ3n) is 6.33. The number of amides is 3. The van der Waals surface area contributed by atoms with Crippen LogP contribution in [0.15, 0.2) is 24.3 Å². The van der Waals surface area contributed by atoms with Crippen LogP contribution < -0.4 is 10.6 Å². The minimum Gasteiger partial charge on any atom is -0.444 e. The van der Waals surface area contributed by atoms with Gasteiger partial charge in [-0.3, -0.25) is 9.59 Å². The van der Waals surface area contributed by atoms with Crippen molar-refractivity contribution in [3.63, 3.8) is 0 Å². The molecule has 3 amide bonds. The number of carbonyl (C=O) groups excluding carboxylic acids is 3. The quantitative estimate of drug-likeness (QED) is 0.415. The highest BCUT2D eigenvalue weighted by Gasteiger charge is 2.38. The summed E-state index contributed by atoms with van der Waals surface area (Å²) in [5.41, 5.74) is 1.06. The molecule has 35 heavy (non-hydrogen) atoms. The maximum Gasteiger partial charge on any atom is 0.408 e. The second-order valence-electron chi connectivity index (χ2n) is 10.5. The van der Waals surface area contributed by atoms with E-state index in [9.17, 15) is 14.4 Å². The van der Waals surface area contributed by atoms with Gasteiger partial charge < -0.3 is 20.3 Å². The van der Waals surface area contributed by atoms with Crippen LogP contribution in [0, 0.1) is 6.92 Å². The summed E-state index contributed by atoms with van der Waals surface area (Å²) in [5.74, 6) is -0.465. The van der Waals surface area contributed by atoms with Crippen molar-refractivity contribution in [1.29, 1.82) is 0 Å². The topological polar surface area (TPSA) is 87.7 Å². The summed E-state index contributed by atoms with van der Waals surface area (Å²) in [6.07, 6.45) is 5.23. The highest BCUT2D eigenvalue weighted by Crippen LogP contribution is 2.28. The molecule has 0 saturated heterocycles. The number of benzene rings is 1. The summed E-state index contributed by atoms with van der Waals surface area (Å²) >= 11 is 4.34. The second kappa shape index (κ2) is 13.2. The summed E-state index contributed by atoms with van der Waals surface area (Å²) in [6, 6.07) is 5.82. The van der Waals surface area contributed by atoms with E-state index in [1.54, 1.807) is 25.7 Å². The van der Waals surface area contributed by atoms with Gasteiger partial charge in [0.2, 0.25) is 11.8 Å². The molecular formula is C27H43N3O4S. The van der Waals surface area contributed by atoms with Crippen LogP contribution in [-0.2, 0) is 14.3 Å². The highest BCUT2D eigenvalue weighted by atomic mass is 32.1. The molecule has 0 spiro atoms. The number of rotatable bonds is 9. The molecule has 7 nitrogen and oxygen atoms in total. The Morgan fingerprint density at radius 3 is 2.37 bits per heavy atom. The lowest BCUT2D eigenvalue weighted by molar-refractivity contribution is -0.145. The monoisotopic (exact) mass is 505 g/mol. The van der Waals surface area contributed by atoms with Crippen LogP contribution in [0.3, 0.4) is 0 Å². The van der Waals surface area contributed by atoms with Crippen molar-refractivity contribution in [1.82, 2.24) is 15.5 Å². The maximum absolute atomic E-state index is 13.9. The van der Waals surface area contributed by atoms with Crippen LogP contribution in [0.25, 0.3) is 0 Å². The van der Waals surface area contributed by atoms with E-state index in [1.807, 2.05) is 45.0 Å². The van der Waals surface area contributed by atoms with Gasteiger partial charge in [0.1, 0.15) is 17.7 Å². The van der Waals surface area contributed by atoms with Crippen molar-refractivity contribution in [3.05, 3.63) is 35.4 Å². The number of carbonyl (C=O) groups is 3. The Hall–Kier alpha value is -2.22. The first-order valence-electron chi connectivity index (χ1n) is 12.8. The van der Waals surface area contributed by atoms with Gasteiger partial charge in [0.05, 0.1) is 0 Å². The summed E-state index contributed by atoms with van der Waals surface area (Å²) in [5, 5.41) is 5.88. The summed E-state index contributed by atoms with van der Waals surface area (Å²) < 4.78 is 5.36. The van der Waals surface area contributed by atoms with Gasteiger partial charge in [-0.25, -0.2) is 4.79 Å². The number of nitrogens with one attached hydrogen (secondary N) is 2. The van der Waals surface area contributed by atoms with Crippen LogP contribution >= 0.6 is 12.6 Å². The number of hydrogen-bond acceptors (Lipinski definition) is 5. The first-order chi connectivity index (χ1) is 16.5. The lowest BCUT2D eigenvalue weighted by atomic mass is 9.94. The molecule has 0 aliphatic heterocycles. The smallest absolute Gasteiger partial charge is 0.408 e. The Morgan fingerprint density at radius 2 is 1.83 bits per heavy atom. The van der Waals surface area contributed by atoms with E-state index in [2.05, 4.69) is 23.3 Å². The molecule has 1 fully saturated rings. The fraction of sp³-hybridized carbons (Fsp3) is 0.667. The number of alkyl carbamates (subject to hydrolysis) is 1. The predicted octanol–water partition coefficient (Wildman–Crippen LogP) is 4.94. The molecule has 0 heterocycles. The maximum atomic E-state index is 13.9. The van der Waals surface area contributed by atoms with E-state index in [1.165, 1.54) is 6.42 Å². The molecule has 3 unspecified atom stereocenters. The Morgan fingerprint density at radius 1 is 1.17 bits per heavy atom. The Balaban J connectivity index is 2.42. The zero-order chi connectivity index (χ0) is 26.2. The fourth-order valence-corrected chi connectivity index (χ4v) is 4.66. The summed E-state index contributed by atoms with van der Waals surface area (Å²) in [6.45, 7) is 11.2. The minimum atomic E-state index is -0.933. The van der Waals surface area contributed by atoms with Crippen LogP contribution in [0.4, 0.5) is 4.79 Å². The Labute approximate surface area is 216 Å². The van der Waals surface area contributed by atoms with Gasteiger partial charge >= 0.3 is 6.09 Å². The number of aryl methyl sites for hydroxylation is 1. The minimum absolute atomic E-state index is 0.0792. The molecule has 0 radical (unpaired) electrons. The van der Waals surface area contributed by atoms with Crippen LogP contribution in [-0.4, -0.2) is 52.3 Å². The number of hydrogen-bond donors (Lipinski definition) is 3. The second-order valence-corrected chi connectivity index (χ2v) is 10.9. The number of thiol groups is 1. The van der Waals surface area contributed by atoms with Crippen LogP contribution in [0.5, 0.6) is 0 Å².